The first-order chi connectivity index (χ1) is 10.1. The first-order valence-corrected chi connectivity index (χ1v) is 6.50. The lowest BCUT2D eigenvalue weighted by Gasteiger charge is -2.09. The van der Waals surface area contributed by atoms with Crippen molar-refractivity contribution in [1.82, 2.24) is 0 Å². The van der Waals surface area contributed by atoms with E-state index in [4.69, 9.17) is 5.73 Å². The maximum Gasteiger partial charge on any atom is 0.250 e. The number of hydrogen-bond donors (Lipinski definition) is 2. The molecule has 0 saturated carbocycles. The Bertz CT molecular complexity index is 671. The van der Waals surface area contributed by atoms with Gasteiger partial charge >= 0.3 is 0 Å². The molecule has 0 heterocycles. The molecule has 4 nitrogen and oxygen atoms in total. The van der Waals surface area contributed by atoms with Crippen LogP contribution in [-0.2, 0) is 11.2 Å². The second-order valence-corrected chi connectivity index (χ2v) is 4.55. The summed E-state index contributed by atoms with van der Waals surface area (Å²) in [6, 6.07) is 12.8. The molecule has 2 aromatic rings. The summed E-state index contributed by atoms with van der Waals surface area (Å²) < 4.78 is 13.4. The number of para-hydroxylation sites is 1. The Morgan fingerprint density at radius 1 is 1.05 bits per heavy atom. The summed E-state index contributed by atoms with van der Waals surface area (Å²) in [6.45, 7) is 0. The average molecular weight is 286 g/mol. The van der Waals surface area contributed by atoms with Crippen LogP contribution < -0.4 is 11.1 Å². The van der Waals surface area contributed by atoms with E-state index in [1.807, 2.05) is 0 Å². The van der Waals surface area contributed by atoms with Crippen molar-refractivity contribution >= 4 is 17.5 Å². The van der Waals surface area contributed by atoms with Crippen molar-refractivity contribution in [3.63, 3.8) is 0 Å². The Labute approximate surface area is 121 Å². The Morgan fingerprint density at radius 3 is 2.43 bits per heavy atom. The summed E-state index contributed by atoms with van der Waals surface area (Å²) in [4.78, 5) is 23.1. The van der Waals surface area contributed by atoms with Gasteiger partial charge in [0.1, 0.15) is 5.82 Å². The molecule has 0 radical (unpaired) electrons. The maximum absolute atomic E-state index is 13.4. The fourth-order valence-electron chi connectivity index (χ4n) is 1.97. The lowest BCUT2D eigenvalue weighted by atomic mass is 10.1. The molecule has 0 spiro atoms. The molecular weight excluding hydrogens is 271 g/mol. The number of aryl methyl sites for hydroxylation is 1. The topological polar surface area (TPSA) is 72.2 Å². The molecule has 0 fully saturated rings. The second kappa shape index (κ2) is 6.65. The Kier molecular flexibility index (Phi) is 4.66. The Hall–Kier alpha value is -2.69. The fraction of sp³-hybridized carbons (Fsp3) is 0.125. The second-order valence-electron chi connectivity index (χ2n) is 4.55. The van der Waals surface area contributed by atoms with Crippen molar-refractivity contribution in [3.05, 3.63) is 65.5 Å². The zero-order valence-corrected chi connectivity index (χ0v) is 11.3. The number of anilines is 1. The number of carbonyl (C=O) groups excluding carboxylic acids is 2. The minimum atomic E-state index is -0.611. The van der Waals surface area contributed by atoms with Gasteiger partial charge in [0.05, 0.1) is 11.3 Å². The number of nitrogens with two attached hydrogens (primary N) is 1. The van der Waals surface area contributed by atoms with Gasteiger partial charge < -0.3 is 11.1 Å². The van der Waals surface area contributed by atoms with Crippen molar-refractivity contribution in [2.24, 2.45) is 5.73 Å². The molecule has 0 aliphatic rings. The van der Waals surface area contributed by atoms with Crippen molar-refractivity contribution in [2.75, 3.05) is 5.32 Å². The van der Waals surface area contributed by atoms with Gasteiger partial charge in [-0.1, -0.05) is 30.3 Å². The number of rotatable bonds is 5. The highest BCUT2D eigenvalue weighted by atomic mass is 19.1. The molecule has 5 heteroatoms. The molecule has 108 valence electrons. The zero-order chi connectivity index (χ0) is 15.2. The van der Waals surface area contributed by atoms with E-state index in [1.54, 1.807) is 36.4 Å². The van der Waals surface area contributed by atoms with Gasteiger partial charge in [0.15, 0.2) is 0 Å². The molecule has 21 heavy (non-hydrogen) atoms. The predicted octanol–water partition coefficient (Wildman–Crippen LogP) is 2.50. The molecule has 3 N–H and O–H groups in total. The lowest BCUT2D eigenvalue weighted by molar-refractivity contribution is -0.116. The average Bonchev–Trinajstić information content (AvgIpc) is 2.47. The Morgan fingerprint density at radius 2 is 1.71 bits per heavy atom. The van der Waals surface area contributed by atoms with E-state index in [9.17, 15) is 14.0 Å². The summed E-state index contributed by atoms with van der Waals surface area (Å²) in [5, 5.41) is 2.62. The van der Waals surface area contributed by atoms with Crippen LogP contribution in [0.25, 0.3) is 0 Å². The molecule has 2 amide bonds. The van der Waals surface area contributed by atoms with Gasteiger partial charge in [-0.2, -0.15) is 0 Å². The van der Waals surface area contributed by atoms with Crippen molar-refractivity contribution in [1.29, 1.82) is 0 Å². The summed E-state index contributed by atoms with van der Waals surface area (Å²) in [5.41, 5.74) is 6.33. The van der Waals surface area contributed by atoms with Crippen LogP contribution in [-0.4, -0.2) is 11.8 Å². The molecule has 0 aliphatic carbocycles. The van der Waals surface area contributed by atoms with Crippen LogP contribution in [0, 0.1) is 5.82 Å². The number of carbonyl (C=O) groups is 2. The van der Waals surface area contributed by atoms with Crippen molar-refractivity contribution in [2.45, 2.75) is 12.8 Å². The molecular formula is C16H15FN2O2. The molecule has 0 aliphatic heterocycles. The van der Waals surface area contributed by atoms with Gasteiger partial charge in [0.2, 0.25) is 5.91 Å². The minimum absolute atomic E-state index is 0.119. The van der Waals surface area contributed by atoms with Crippen LogP contribution in [0.2, 0.25) is 0 Å². The highest BCUT2D eigenvalue weighted by Crippen LogP contribution is 2.15. The summed E-state index contributed by atoms with van der Waals surface area (Å²) >= 11 is 0. The predicted molar refractivity (Wildman–Crippen MR) is 78.3 cm³/mol. The lowest BCUT2D eigenvalue weighted by Crippen LogP contribution is -2.18. The third-order valence-corrected chi connectivity index (χ3v) is 3.05. The number of amides is 2. The number of benzene rings is 2. The molecule has 0 unspecified atom stereocenters. The maximum atomic E-state index is 13.4. The molecule has 2 aromatic carbocycles. The minimum Gasteiger partial charge on any atom is -0.366 e. The van der Waals surface area contributed by atoms with Gasteiger partial charge in [-0.15, -0.1) is 0 Å². The first kappa shape index (κ1) is 14.7. The number of hydrogen-bond acceptors (Lipinski definition) is 2. The van der Waals surface area contributed by atoms with Gasteiger partial charge in [0, 0.05) is 6.42 Å². The van der Waals surface area contributed by atoms with E-state index in [1.165, 1.54) is 12.1 Å². The van der Waals surface area contributed by atoms with E-state index in [0.29, 0.717) is 11.3 Å². The highest BCUT2D eigenvalue weighted by Gasteiger charge is 2.11. The quantitative estimate of drug-likeness (QED) is 0.886. The third kappa shape index (κ3) is 3.89. The van der Waals surface area contributed by atoms with E-state index in [2.05, 4.69) is 5.32 Å². The Balaban J connectivity index is 2.00. The summed E-state index contributed by atoms with van der Waals surface area (Å²) in [7, 11) is 0. The first-order valence-electron chi connectivity index (χ1n) is 6.50. The molecule has 0 bridgehead atoms. The zero-order valence-electron chi connectivity index (χ0n) is 11.3. The summed E-state index contributed by atoms with van der Waals surface area (Å²) in [5.74, 6) is -1.24. The molecule has 0 aromatic heterocycles. The van der Waals surface area contributed by atoms with Crippen LogP contribution in [0.4, 0.5) is 10.1 Å². The van der Waals surface area contributed by atoms with E-state index in [0.717, 1.165) is 0 Å². The van der Waals surface area contributed by atoms with Gasteiger partial charge in [-0.05, 0) is 30.2 Å². The van der Waals surface area contributed by atoms with Crippen LogP contribution in [0.15, 0.2) is 48.5 Å². The van der Waals surface area contributed by atoms with E-state index in [-0.39, 0.29) is 30.1 Å². The molecule has 0 atom stereocenters. The van der Waals surface area contributed by atoms with Crippen LogP contribution in [0.1, 0.15) is 22.3 Å². The largest absolute Gasteiger partial charge is 0.366 e. The SMILES string of the molecule is NC(=O)c1ccccc1NC(=O)CCc1ccccc1F. The number of primary amides is 1. The van der Waals surface area contributed by atoms with Crippen molar-refractivity contribution in [3.8, 4) is 0 Å². The third-order valence-electron chi connectivity index (χ3n) is 3.05. The van der Waals surface area contributed by atoms with Gasteiger partial charge in [-0.25, -0.2) is 4.39 Å². The van der Waals surface area contributed by atoms with Gasteiger partial charge in [0.25, 0.3) is 5.91 Å². The molecule has 0 saturated heterocycles. The van der Waals surface area contributed by atoms with Crippen LogP contribution in [0.3, 0.4) is 0 Å². The number of halogens is 1. The monoisotopic (exact) mass is 286 g/mol. The standard InChI is InChI=1S/C16H15FN2O2/c17-13-7-3-1-5-11(13)9-10-15(20)19-14-8-4-2-6-12(14)16(18)21/h1-8H,9-10H2,(H2,18,21)(H,19,20). The smallest absolute Gasteiger partial charge is 0.250 e. The number of nitrogens with one attached hydrogen (secondary N) is 1. The van der Waals surface area contributed by atoms with Gasteiger partial charge in [-0.3, -0.25) is 9.59 Å². The highest BCUT2D eigenvalue weighted by molar-refractivity contribution is 6.02. The normalized spacial score (nSPS) is 10.1. The fourth-order valence-corrected chi connectivity index (χ4v) is 1.97. The molecule has 2 rings (SSSR count). The summed E-state index contributed by atoms with van der Waals surface area (Å²) in [6.07, 6.45) is 0.408. The van der Waals surface area contributed by atoms with E-state index < -0.39 is 5.91 Å². The van der Waals surface area contributed by atoms with E-state index >= 15 is 0 Å². The van der Waals surface area contributed by atoms with Crippen LogP contribution >= 0.6 is 0 Å². The van der Waals surface area contributed by atoms with Crippen LogP contribution in [0.5, 0.6) is 0 Å². The van der Waals surface area contributed by atoms with Crippen molar-refractivity contribution < 1.29 is 14.0 Å².